The van der Waals surface area contributed by atoms with Gasteiger partial charge in [-0.25, -0.2) is 4.39 Å². The molecule has 0 saturated carbocycles. The molecule has 1 nitrogen and oxygen atoms in total. The van der Waals surface area contributed by atoms with Crippen LogP contribution < -0.4 is 5.73 Å². The summed E-state index contributed by atoms with van der Waals surface area (Å²) in [5, 5.41) is 0. The van der Waals surface area contributed by atoms with Gasteiger partial charge in [0, 0.05) is 6.54 Å². The summed E-state index contributed by atoms with van der Waals surface area (Å²) in [5.41, 5.74) is 8.68. The predicted molar refractivity (Wildman–Crippen MR) is 69.0 cm³/mol. The van der Waals surface area contributed by atoms with Gasteiger partial charge in [0.05, 0.1) is 0 Å². The van der Waals surface area contributed by atoms with Crippen LogP contribution in [0.25, 0.3) is 5.57 Å². The Morgan fingerprint density at radius 3 is 2.12 bits per heavy atom. The molecule has 0 heterocycles. The highest BCUT2D eigenvalue weighted by molar-refractivity contribution is 5.79. The molecule has 2 heteroatoms. The van der Waals surface area contributed by atoms with Gasteiger partial charge in [-0.1, -0.05) is 48.5 Å². The van der Waals surface area contributed by atoms with Crippen LogP contribution in [0.3, 0.4) is 0 Å². The molecule has 0 bridgehead atoms. The summed E-state index contributed by atoms with van der Waals surface area (Å²) in [5.74, 6) is -0.228. The molecule has 0 spiro atoms. The van der Waals surface area contributed by atoms with Crippen molar-refractivity contribution in [3.8, 4) is 0 Å². The number of hydrogen-bond donors (Lipinski definition) is 1. The van der Waals surface area contributed by atoms with E-state index < -0.39 is 0 Å². The summed E-state index contributed by atoms with van der Waals surface area (Å²) in [6.45, 7) is 0.460. The smallest absolute Gasteiger partial charge is 0.123 e. The van der Waals surface area contributed by atoms with Crippen molar-refractivity contribution in [3.63, 3.8) is 0 Å². The molecule has 0 atom stereocenters. The molecule has 0 unspecified atom stereocenters. The van der Waals surface area contributed by atoms with Gasteiger partial charge in [0.25, 0.3) is 0 Å². The minimum atomic E-state index is -0.228. The summed E-state index contributed by atoms with van der Waals surface area (Å²) >= 11 is 0. The third-order valence-electron chi connectivity index (χ3n) is 2.56. The minimum Gasteiger partial charge on any atom is -0.327 e. The van der Waals surface area contributed by atoms with Gasteiger partial charge in [0.1, 0.15) is 5.82 Å². The Kier molecular flexibility index (Phi) is 3.68. The molecule has 0 saturated heterocycles. The number of halogens is 1. The van der Waals surface area contributed by atoms with Crippen LogP contribution in [0.5, 0.6) is 0 Å². The van der Waals surface area contributed by atoms with Crippen molar-refractivity contribution in [1.29, 1.82) is 0 Å². The fourth-order valence-corrected chi connectivity index (χ4v) is 1.77. The fourth-order valence-electron chi connectivity index (χ4n) is 1.77. The monoisotopic (exact) mass is 227 g/mol. The second-order valence-electron chi connectivity index (χ2n) is 3.73. The van der Waals surface area contributed by atoms with Gasteiger partial charge in [-0.15, -0.1) is 0 Å². The molecule has 0 aliphatic rings. The van der Waals surface area contributed by atoms with E-state index in [0.29, 0.717) is 6.54 Å². The highest BCUT2D eigenvalue weighted by Crippen LogP contribution is 2.22. The van der Waals surface area contributed by atoms with Crippen molar-refractivity contribution in [2.24, 2.45) is 5.73 Å². The Balaban J connectivity index is 2.44. The first-order valence-corrected chi connectivity index (χ1v) is 5.53. The van der Waals surface area contributed by atoms with Crippen molar-refractivity contribution in [2.45, 2.75) is 0 Å². The lowest BCUT2D eigenvalue weighted by molar-refractivity contribution is 0.627. The molecular weight excluding hydrogens is 213 g/mol. The van der Waals surface area contributed by atoms with Gasteiger partial charge in [-0.2, -0.15) is 0 Å². The van der Waals surface area contributed by atoms with Crippen LogP contribution in [-0.4, -0.2) is 6.54 Å². The van der Waals surface area contributed by atoms with E-state index in [-0.39, 0.29) is 5.82 Å². The number of hydrogen-bond acceptors (Lipinski definition) is 1. The molecule has 0 fully saturated rings. The second-order valence-corrected chi connectivity index (χ2v) is 3.73. The maximum absolute atomic E-state index is 12.9. The van der Waals surface area contributed by atoms with Crippen molar-refractivity contribution in [2.75, 3.05) is 6.54 Å². The Morgan fingerprint density at radius 2 is 1.53 bits per heavy atom. The van der Waals surface area contributed by atoms with Gasteiger partial charge in [0.2, 0.25) is 0 Å². The zero-order valence-electron chi connectivity index (χ0n) is 9.44. The standard InChI is InChI=1S/C15H14FN/c16-14-8-6-13(7-9-14)15(10-11-17)12-4-2-1-3-5-12/h1-10H,11,17H2/b15-10-. The van der Waals surface area contributed by atoms with E-state index >= 15 is 0 Å². The molecule has 0 radical (unpaired) electrons. The SMILES string of the molecule is NC/C=C(/c1ccccc1)c1ccc(F)cc1. The van der Waals surface area contributed by atoms with Gasteiger partial charge >= 0.3 is 0 Å². The topological polar surface area (TPSA) is 26.0 Å². The van der Waals surface area contributed by atoms with E-state index in [9.17, 15) is 4.39 Å². The van der Waals surface area contributed by atoms with Crippen molar-refractivity contribution in [1.82, 2.24) is 0 Å². The third-order valence-corrected chi connectivity index (χ3v) is 2.56. The quantitative estimate of drug-likeness (QED) is 0.856. The zero-order valence-corrected chi connectivity index (χ0v) is 9.44. The van der Waals surface area contributed by atoms with Crippen LogP contribution in [0.15, 0.2) is 60.7 Å². The first-order valence-electron chi connectivity index (χ1n) is 5.53. The molecule has 0 amide bonds. The molecule has 2 N–H and O–H groups in total. The van der Waals surface area contributed by atoms with Crippen molar-refractivity contribution in [3.05, 3.63) is 77.6 Å². The first kappa shape index (κ1) is 11.6. The molecule has 2 aromatic carbocycles. The molecular formula is C15H14FN. The Labute approximate surface area is 100 Å². The van der Waals surface area contributed by atoms with Gasteiger partial charge < -0.3 is 5.73 Å². The van der Waals surface area contributed by atoms with E-state index in [4.69, 9.17) is 5.73 Å². The average Bonchev–Trinajstić information content (AvgIpc) is 2.38. The van der Waals surface area contributed by atoms with Gasteiger partial charge in [0.15, 0.2) is 0 Å². The van der Waals surface area contributed by atoms with E-state index in [2.05, 4.69) is 0 Å². The maximum atomic E-state index is 12.9. The molecule has 0 aliphatic carbocycles. The molecule has 86 valence electrons. The minimum absolute atomic E-state index is 0.228. The lowest BCUT2D eigenvalue weighted by Crippen LogP contribution is -1.97. The summed E-state index contributed by atoms with van der Waals surface area (Å²) in [4.78, 5) is 0. The molecule has 2 aromatic rings. The van der Waals surface area contributed by atoms with Crippen LogP contribution in [0.2, 0.25) is 0 Å². The molecule has 2 rings (SSSR count). The average molecular weight is 227 g/mol. The third kappa shape index (κ3) is 2.80. The van der Waals surface area contributed by atoms with Gasteiger partial charge in [-0.3, -0.25) is 0 Å². The van der Waals surface area contributed by atoms with Gasteiger partial charge in [-0.05, 0) is 28.8 Å². The van der Waals surface area contributed by atoms with Crippen LogP contribution in [0, 0.1) is 5.82 Å². The zero-order chi connectivity index (χ0) is 12.1. The van der Waals surface area contributed by atoms with E-state index in [0.717, 1.165) is 16.7 Å². The Morgan fingerprint density at radius 1 is 0.941 bits per heavy atom. The van der Waals surface area contributed by atoms with Crippen molar-refractivity contribution < 1.29 is 4.39 Å². The first-order chi connectivity index (χ1) is 8.31. The second kappa shape index (κ2) is 5.41. The highest BCUT2D eigenvalue weighted by Gasteiger charge is 2.03. The summed E-state index contributed by atoms with van der Waals surface area (Å²) in [6.07, 6.45) is 1.95. The largest absolute Gasteiger partial charge is 0.327 e. The van der Waals surface area contributed by atoms with E-state index in [1.165, 1.54) is 12.1 Å². The molecule has 0 aromatic heterocycles. The predicted octanol–water partition coefficient (Wildman–Crippen LogP) is 3.22. The highest BCUT2D eigenvalue weighted by atomic mass is 19.1. The molecule has 17 heavy (non-hydrogen) atoms. The number of rotatable bonds is 3. The van der Waals surface area contributed by atoms with Crippen LogP contribution in [0.1, 0.15) is 11.1 Å². The van der Waals surface area contributed by atoms with E-state index in [1.807, 2.05) is 36.4 Å². The van der Waals surface area contributed by atoms with E-state index in [1.54, 1.807) is 12.1 Å². The normalized spacial score (nSPS) is 11.5. The van der Waals surface area contributed by atoms with Crippen LogP contribution in [-0.2, 0) is 0 Å². The lowest BCUT2D eigenvalue weighted by atomic mass is 9.97. The van der Waals surface area contributed by atoms with Crippen molar-refractivity contribution >= 4 is 5.57 Å². The van der Waals surface area contributed by atoms with Crippen LogP contribution in [0.4, 0.5) is 4.39 Å². The number of benzene rings is 2. The summed E-state index contributed by atoms with van der Waals surface area (Å²) < 4.78 is 12.9. The van der Waals surface area contributed by atoms with Crippen LogP contribution >= 0.6 is 0 Å². The Bertz CT molecular complexity index is 500. The number of nitrogens with two attached hydrogens (primary N) is 1. The lowest BCUT2D eigenvalue weighted by Gasteiger charge is -2.08. The maximum Gasteiger partial charge on any atom is 0.123 e. The molecule has 0 aliphatic heterocycles. The summed E-state index contributed by atoms with van der Waals surface area (Å²) in [6, 6.07) is 16.4. The fraction of sp³-hybridized carbons (Fsp3) is 0.0667. The summed E-state index contributed by atoms with van der Waals surface area (Å²) in [7, 11) is 0. The Hall–Kier alpha value is -1.93.